The largest absolute Gasteiger partial charge is 0.481 e. The van der Waals surface area contributed by atoms with E-state index in [1.165, 1.54) is 0 Å². The van der Waals surface area contributed by atoms with E-state index < -0.39 is 12.1 Å². The molecule has 0 aliphatic heterocycles. The third-order valence-electron chi connectivity index (χ3n) is 5.46. The maximum Gasteiger partial charge on any atom is 0.303 e. The van der Waals surface area contributed by atoms with E-state index in [1.54, 1.807) is 0 Å². The van der Waals surface area contributed by atoms with Crippen molar-refractivity contribution in [2.24, 2.45) is 17.8 Å². The fraction of sp³-hybridized carbons (Fsp3) is 0.810. The first-order chi connectivity index (χ1) is 12.0. The number of aliphatic hydroxyl groups is 1. The molecule has 0 aromatic carbocycles. The number of ketones is 1. The molecular weight excluding hydrogens is 316 g/mol. The van der Waals surface area contributed by atoms with E-state index in [4.69, 9.17) is 5.11 Å². The van der Waals surface area contributed by atoms with Crippen molar-refractivity contribution >= 4 is 11.8 Å². The minimum Gasteiger partial charge on any atom is -0.481 e. The van der Waals surface area contributed by atoms with Crippen molar-refractivity contribution in [3.8, 4) is 0 Å². The Morgan fingerprint density at radius 3 is 2.64 bits per heavy atom. The molecule has 0 radical (unpaired) electrons. The molecule has 0 heterocycles. The van der Waals surface area contributed by atoms with Crippen LogP contribution in [0.2, 0.25) is 0 Å². The van der Waals surface area contributed by atoms with Gasteiger partial charge in [-0.05, 0) is 37.5 Å². The number of rotatable bonds is 13. The molecule has 0 aromatic heterocycles. The summed E-state index contributed by atoms with van der Waals surface area (Å²) in [4.78, 5) is 22.6. The van der Waals surface area contributed by atoms with E-state index in [0.717, 1.165) is 57.8 Å². The summed E-state index contributed by atoms with van der Waals surface area (Å²) in [5.74, 6) is 0.242. The van der Waals surface area contributed by atoms with Gasteiger partial charge >= 0.3 is 5.97 Å². The van der Waals surface area contributed by atoms with Crippen molar-refractivity contribution in [1.82, 2.24) is 0 Å². The van der Waals surface area contributed by atoms with E-state index in [1.807, 2.05) is 6.08 Å². The van der Waals surface area contributed by atoms with Crippen LogP contribution < -0.4 is 0 Å². The lowest BCUT2D eigenvalue weighted by Gasteiger charge is -2.18. The molecule has 0 amide bonds. The second kappa shape index (κ2) is 12.2. The van der Waals surface area contributed by atoms with Crippen molar-refractivity contribution in [2.45, 2.75) is 90.6 Å². The van der Waals surface area contributed by atoms with Crippen LogP contribution in [0.5, 0.6) is 0 Å². The molecule has 4 atom stereocenters. The number of carboxylic acid groups (broad SMARTS) is 1. The fourth-order valence-corrected chi connectivity index (χ4v) is 3.68. The fourth-order valence-electron chi connectivity index (χ4n) is 3.68. The van der Waals surface area contributed by atoms with Gasteiger partial charge in [-0.1, -0.05) is 58.1 Å². The minimum absolute atomic E-state index is 0.0915. The van der Waals surface area contributed by atoms with Crippen LogP contribution in [0.15, 0.2) is 12.2 Å². The van der Waals surface area contributed by atoms with Crippen LogP contribution in [0.25, 0.3) is 0 Å². The monoisotopic (exact) mass is 352 g/mol. The first-order valence-corrected chi connectivity index (χ1v) is 10.1. The van der Waals surface area contributed by atoms with Crippen molar-refractivity contribution in [2.75, 3.05) is 0 Å². The van der Waals surface area contributed by atoms with E-state index >= 15 is 0 Å². The van der Waals surface area contributed by atoms with Gasteiger partial charge in [-0.15, -0.1) is 0 Å². The molecule has 0 saturated heterocycles. The van der Waals surface area contributed by atoms with Gasteiger partial charge in [0.1, 0.15) is 5.78 Å². The molecule has 1 aliphatic carbocycles. The number of carboxylic acids is 1. The molecule has 1 aliphatic rings. The molecule has 2 unspecified atom stereocenters. The highest BCUT2D eigenvalue weighted by atomic mass is 16.4. The highest BCUT2D eigenvalue weighted by Crippen LogP contribution is 2.34. The van der Waals surface area contributed by atoms with Crippen molar-refractivity contribution in [3.63, 3.8) is 0 Å². The van der Waals surface area contributed by atoms with Gasteiger partial charge in [0.05, 0.1) is 6.10 Å². The third kappa shape index (κ3) is 8.66. The number of aliphatic carboxylic acids is 1. The topological polar surface area (TPSA) is 74.6 Å². The van der Waals surface area contributed by atoms with Gasteiger partial charge in [-0.25, -0.2) is 0 Å². The Balaban J connectivity index is 2.36. The molecule has 4 heteroatoms. The molecule has 25 heavy (non-hydrogen) atoms. The Hall–Kier alpha value is -1.16. The van der Waals surface area contributed by atoms with Crippen molar-refractivity contribution in [1.29, 1.82) is 0 Å². The number of Topliss-reactive ketones (excluding diaryl/α,β-unsaturated/α-hetero) is 1. The molecule has 4 nitrogen and oxygen atoms in total. The zero-order valence-corrected chi connectivity index (χ0v) is 16.0. The van der Waals surface area contributed by atoms with Crippen molar-refractivity contribution < 1.29 is 19.8 Å². The van der Waals surface area contributed by atoms with E-state index in [0.29, 0.717) is 12.2 Å². The lowest BCUT2D eigenvalue weighted by molar-refractivity contribution is -0.137. The average Bonchev–Trinajstić information content (AvgIpc) is 2.93. The molecule has 0 spiro atoms. The van der Waals surface area contributed by atoms with Gasteiger partial charge in [0, 0.05) is 18.8 Å². The van der Waals surface area contributed by atoms with Crippen LogP contribution in [0.4, 0.5) is 0 Å². The minimum atomic E-state index is -0.733. The van der Waals surface area contributed by atoms with E-state index in [2.05, 4.69) is 19.9 Å². The van der Waals surface area contributed by atoms with Crippen LogP contribution in [0.3, 0.4) is 0 Å². The maximum absolute atomic E-state index is 12.1. The van der Waals surface area contributed by atoms with Crippen molar-refractivity contribution in [3.05, 3.63) is 12.2 Å². The van der Waals surface area contributed by atoms with Gasteiger partial charge < -0.3 is 10.2 Å². The second-order valence-electron chi connectivity index (χ2n) is 7.62. The number of hydrogen-bond donors (Lipinski definition) is 2. The zero-order valence-electron chi connectivity index (χ0n) is 16.0. The lowest BCUT2D eigenvalue weighted by atomic mass is 9.88. The zero-order chi connectivity index (χ0) is 18.7. The number of aliphatic hydroxyl groups excluding tert-OH is 1. The van der Waals surface area contributed by atoms with Gasteiger partial charge in [0.2, 0.25) is 0 Å². The van der Waals surface area contributed by atoms with Crippen LogP contribution in [-0.4, -0.2) is 28.1 Å². The van der Waals surface area contributed by atoms with E-state index in [9.17, 15) is 14.7 Å². The summed E-state index contributed by atoms with van der Waals surface area (Å²) in [5.41, 5.74) is 0. The third-order valence-corrected chi connectivity index (χ3v) is 5.46. The van der Waals surface area contributed by atoms with Crippen LogP contribution >= 0.6 is 0 Å². The Labute approximate surface area is 152 Å². The summed E-state index contributed by atoms with van der Waals surface area (Å²) in [5, 5.41) is 18.9. The first-order valence-electron chi connectivity index (χ1n) is 10.1. The van der Waals surface area contributed by atoms with E-state index in [-0.39, 0.29) is 24.2 Å². The smallest absolute Gasteiger partial charge is 0.303 e. The standard InChI is InChI=1S/C21H36O4/c1-3-4-9-16(2)19(22)14-12-17-13-15-20(23)18(17)10-7-5-6-8-11-21(24)25/h12,14,16-19,22H,3-11,13,15H2,1-2H3,(H,24,25)/b14-12+/t16?,17?,18-,19-/m1/s1. The summed E-state index contributed by atoms with van der Waals surface area (Å²) in [6, 6.07) is 0. The highest BCUT2D eigenvalue weighted by molar-refractivity contribution is 5.83. The number of allylic oxidation sites excluding steroid dienone is 1. The number of hydrogen-bond acceptors (Lipinski definition) is 3. The number of unbranched alkanes of at least 4 members (excludes halogenated alkanes) is 4. The molecule has 1 saturated carbocycles. The van der Waals surface area contributed by atoms with Gasteiger partial charge in [-0.3, -0.25) is 9.59 Å². The summed E-state index contributed by atoms with van der Waals surface area (Å²) >= 11 is 0. The summed E-state index contributed by atoms with van der Waals surface area (Å²) < 4.78 is 0. The second-order valence-corrected chi connectivity index (χ2v) is 7.62. The molecule has 1 rings (SSSR count). The number of carbonyl (C=O) groups is 2. The molecular formula is C21H36O4. The Morgan fingerprint density at radius 2 is 1.96 bits per heavy atom. The van der Waals surface area contributed by atoms with Crippen LogP contribution in [0.1, 0.15) is 84.5 Å². The summed E-state index contributed by atoms with van der Waals surface area (Å²) in [6.45, 7) is 4.24. The Morgan fingerprint density at radius 1 is 1.24 bits per heavy atom. The summed E-state index contributed by atoms with van der Waals surface area (Å²) in [6.07, 6.45) is 13.2. The molecule has 144 valence electrons. The molecule has 0 bridgehead atoms. The van der Waals surface area contributed by atoms with Crippen LogP contribution in [0, 0.1) is 17.8 Å². The molecule has 1 fully saturated rings. The lowest BCUT2D eigenvalue weighted by Crippen LogP contribution is -2.17. The normalized spacial score (nSPS) is 23.2. The van der Waals surface area contributed by atoms with Crippen LogP contribution in [-0.2, 0) is 9.59 Å². The molecule has 0 aromatic rings. The van der Waals surface area contributed by atoms with Gasteiger partial charge in [0.15, 0.2) is 0 Å². The quantitative estimate of drug-likeness (QED) is 0.370. The Kier molecular flexibility index (Phi) is 10.7. The Bertz CT molecular complexity index is 430. The average molecular weight is 353 g/mol. The maximum atomic E-state index is 12.1. The van der Waals surface area contributed by atoms with Gasteiger partial charge in [0.25, 0.3) is 0 Å². The predicted molar refractivity (Wildman–Crippen MR) is 100 cm³/mol. The predicted octanol–water partition coefficient (Wildman–Crippen LogP) is 4.75. The first kappa shape index (κ1) is 21.9. The van der Waals surface area contributed by atoms with Gasteiger partial charge in [-0.2, -0.15) is 0 Å². The SMILES string of the molecule is CCCCC(C)[C@H](O)/C=C/C1CCC(=O)[C@@H]1CCCCCCC(=O)O. The number of carbonyl (C=O) groups excluding carboxylic acids is 1. The summed E-state index contributed by atoms with van der Waals surface area (Å²) in [7, 11) is 0. The molecule has 2 N–H and O–H groups in total. The highest BCUT2D eigenvalue weighted by Gasteiger charge is 2.32.